The number of carbonyl (C=O) groups is 2. The van der Waals surface area contributed by atoms with E-state index >= 15 is 0 Å². The molecule has 0 heterocycles. The van der Waals surface area contributed by atoms with Crippen molar-refractivity contribution in [3.63, 3.8) is 0 Å². The molecule has 3 N–H and O–H groups in total. The van der Waals surface area contributed by atoms with E-state index in [1.807, 2.05) is 6.07 Å². The van der Waals surface area contributed by atoms with Crippen molar-refractivity contribution >= 4 is 40.5 Å². The molecule has 26 heavy (non-hydrogen) atoms. The Balaban J connectivity index is 1.52. The fourth-order valence-corrected chi connectivity index (χ4v) is 2.53. The van der Waals surface area contributed by atoms with Crippen LogP contribution in [-0.2, 0) is 9.59 Å². The summed E-state index contributed by atoms with van der Waals surface area (Å²) in [5.74, 6) is -0.0870. The standard InChI is InChI=1S/C19H17ClN4O2/c20-14-4-3-13(10-21)17(9-14)24-18(25)11-22-15-5-7-16(8-6-15)23-19(26)12-1-2-12/h3-9,12,22H,1-2,11H2,(H,23,26)(H,24,25). The van der Waals surface area contributed by atoms with Crippen LogP contribution in [0.5, 0.6) is 0 Å². The summed E-state index contributed by atoms with van der Waals surface area (Å²) in [5.41, 5.74) is 2.20. The molecule has 2 aromatic carbocycles. The van der Waals surface area contributed by atoms with E-state index in [-0.39, 0.29) is 24.3 Å². The van der Waals surface area contributed by atoms with Crippen molar-refractivity contribution in [2.75, 3.05) is 22.5 Å². The van der Waals surface area contributed by atoms with Gasteiger partial charge in [-0.25, -0.2) is 0 Å². The summed E-state index contributed by atoms with van der Waals surface area (Å²) < 4.78 is 0. The van der Waals surface area contributed by atoms with Crippen LogP contribution in [0, 0.1) is 17.2 Å². The maximum absolute atomic E-state index is 12.1. The second-order valence-electron chi connectivity index (χ2n) is 6.04. The predicted octanol–water partition coefficient (Wildman–Crippen LogP) is 3.61. The van der Waals surface area contributed by atoms with E-state index in [9.17, 15) is 9.59 Å². The van der Waals surface area contributed by atoms with Gasteiger partial charge in [0.05, 0.1) is 17.8 Å². The molecule has 0 unspecified atom stereocenters. The molecule has 0 atom stereocenters. The minimum absolute atomic E-state index is 0.0329. The third kappa shape index (κ3) is 4.74. The van der Waals surface area contributed by atoms with E-state index in [2.05, 4.69) is 16.0 Å². The average molecular weight is 369 g/mol. The molecule has 0 aromatic heterocycles. The summed E-state index contributed by atoms with van der Waals surface area (Å²) in [6.07, 6.45) is 1.92. The van der Waals surface area contributed by atoms with Crippen molar-refractivity contribution in [3.05, 3.63) is 53.1 Å². The smallest absolute Gasteiger partial charge is 0.243 e. The number of benzene rings is 2. The lowest BCUT2D eigenvalue weighted by Crippen LogP contribution is -2.22. The molecule has 6 nitrogen and oxygen atoms in total. The minimum atomic E-state index is -0.296. The number of amides is 2. The number of anilines is 3. The van der Waals surface area contributed by atoms with Crippen LogP contribution in [-0.4, -0.2) is 18.4 Å². The Bertz CT molecular complexity index is 870. The normalized spacial score (nSPS) is 12.8. The van der Waals surface area contributed by atoms with E-state index in [0.717, 1.165) is 24.2 Å². The van der Waals surface area contributed by atoms with Crippen molar-refractivity contribution in [2.45, 2.75) is 12.8 Å². The molecule has 2 amide bonds. The Morgan fingerprint density at radius 1 is 1.08 bits per heavy atom. The zero-order valence-corrected chi connectivity index (χ0v) is 14.6. The number of nitriles is 1. The largest absolute Gasteiger partial charge is 0.376 e. The van der Waals surface area contributed by atoms with Gasteiger partial charge in [-0.2, -0.15) is 5.26 Å². The first-order valence-corrected chi connectivity index (χ1v) is 8.57. The van der Waals surface area contributed by atoms with E-state index < -0.39 is 0 Å². The van der Waals surface area contributed by atoms with Gasteiger partial charge in [-0.05, 0) is 55.3 Å². The first-order valence-electron chi connectivity index (χ1n) is 8.19. The Morgan fingerprint density at radius 3 is 2.42 bits per heavy atom. The fourth-order valence-electron chi connectivity index (χ4n) is 2.36. The highest BCUT2D eigenvalue weighted by molar-refractivity contribution is 6.31. The van der Waals surface area contributed by atoms with Crippen molar-refractivity contribution < 1.29 is 9.59 Å². The number of nitrogens with one attached hydrogen (secondary N) is 3. The van der Waals surface area contributed by atoms with Gasteiger partial charge >= 0.3 is 0 Å². The second-order valence-corrected chi connectivity index (χ2v) is 6.48. The van der Waals surface area contributed by atoms with Gasteiger partial charge in [0.25, 0.3) is 0 Å². The SMILES string of the molecule is N#Cc1ccc(Cl)cc1NC(=O)CNc1ccc(NC(=O)C2CC2)cc1. The van der Waals surface area contributed by atoms with Crippen molar-refractivity contribution in [1.29, 1.82) is 5.26 Å². The second kappa shape index (κ2) is 7.89. The topological polar surface area (TPSA) is 94.0 Å². The van der Waals surface area contributed by atoms with Crippen molar-refractivity contribution in [2.24, 2.45) is 5.92 Å². The molecule has 132 valence electrons. The Morgan fingerprint density at radius 2 is 1.77 bits per heavy atom. The number of rotatable bonds is 6. The molecule has 0 saturated heterocycles. The van der Waals surface area contributed by atoms with E-state index in [0.29, 0.717) is 16.3 Å². The average Bonchev–Trinajstić information content (AvgIpc) is 3.46. The van der Waals surface area contributed by atoms with Crippen LogP contribution in [0.4, 0.5) is 17.1 Å². The zero-order valence-electron chi connectivity index (χ0n) is 13.9. The summed E-state index contributed by atoms with van der Waals surface area (Å²) in [5, 5.41) is 18.0. The van der Waals surface area contributed by atoms with Crippen molar-refractivity contribution in [1.82, 2.24) is 0 Å². The quantitative estimate of drug-likeness (QED) is 0.726. The highest BCUT2D eigenvalue weighted by Gasteiger charge is 2.29. The van der Waals surface area contributed by atoms with Crippen LogP contribution >= 0.6 is 11.6 Å². The molecule has 1 aliphatic carbocycles. The monoisotopic (exact) mass is 368 g/mol. The summed E-state index contributed by atoms with van der Waals surface area (Å²) >= 11 is 5.90. The highest BCUT2D eigenvalue weighted by Crippen LogP contribution is 2.30. The molecule has 1 saturated carbocycles. The Hall–Kier alpha value is -3.04. The molecule has 3 rings (SSSR count). The van der Waals surface area contributed by atoms with Gasteiger partial charge < -0.3 is 16.0 Å². The van der Waals surface area contributed by atoms with Gasteiger partial charge in [0.15, 0.2) is 0 Å². The molecule has 0 radical (unpaired) electrons. The van der Waals surface area contributed by atoms with Crippen LogP contribution in [0.15, 0.2) is 42.5 Å². The third-order valence-electron chi connectivity index (χ3n) is 3.93. The number of hydrogen-bond donors (Lipinski definition) is 3. The maximum Gasteiger partial charge on any atom is 0.243 e. The molecular weight excluding hydrogens is 352 g/mol. The van der Waals surface area contributed by atoms with Gasteiger partial charge in [0.2, 0.25) is 11.8 Å². The van der Waals surface area contributed by atoms with Gasteiger partial charge in [-0.3, -0.25) is 9.59 Å². The number of hydrogen-bond acceptors (Lipinski definition) is 4. The molecule has 1 aliphatic rings. The van der Waals surface area contributed by atoms with E-state index in [4.69, 9.17) is 16.9 Å². The first-order chi connectivity index (χ1) is 12.5. The third-order valence-corrected chi connectivity index (χ3v) is 4.16. The van der Waals surface area contributed by atoms with E-state index in [1.165, 1.54) is 6.07 Å². The lowest BCUT2D eigenvalue weighted by atomic mass is 10.2. The molecule has 0 bridgehead atoms. The van der Waals surface area contributed by atoms with Gasteiger partial charge in [-0.1, -0.05) is 11.6 Å². The van der Waals surface area contributed by atoms with Crippen LogP contribution in [0.2, 0.25) is 5.02 Å². The molecule has 0 aliphatic heterocycles. The van der Waals surface area contributed by atoms with Crippen LogP contribution < -0.4 is 16.0 Å². The summed E-state index contributed by atoms with van der Waals surface area (Å²) in [6, 6.07) is 13.8. The minimum Gasteiger partial charge on any atom is -0.376 e. The highest BCUT2D eigenvalue weighted by atomic mass is 35.5. The molecule has 0 spiro atoms. The number of nitrogens with zero attached hydrogens (tertiary/aromatic N) is 1. The maximum atomic E-state index is 12.1. The number of carbonyl (C=O) groups excluding carboxylic acids is 2. The van der Waals surface area contributed by atoms with E-state index in [1.54, 1.807) is 36.4 Å². The Labute approximate surface area is 156 Å². The van der Waals surface area contributed by atoms with Gasteiger partial charge in [-0.15, -0.1) is 0 Å². The summed E-state index contributed by atoms with van der Waals surface area (Å²) in [6.45, 7) is 0.0329. The predicted molar refractivity (Wildman–Crippen MR) is 101 cm³/mol. The fraction of sp³-hybridized carbons (Fsp3) is 0.211. The summed E-state index contributed by atoms with van der Waals surface area (Å²) in [7, 11) is 0. The lowest BCUT2D eigenvalue weighted by Gasteiger charge is -2.10. The number of halogens is 1. The van der Waals surface area contributed by atoms with Gasteiger partial charge in [0, 0.05) is 22.3 Å². The first kappa shape index (κ1) is 17.8. The van der Waals surface area contributed by atoms with Crippen LogP contribution in [0.25, 0.3) is 0 Å². The lowest BCUT2D eigenvalue weighted by molar-refractivity contribution is -0.117. The summed E-state index contributed by atoms with van der Waals surface area (Å²) in [4.78, 5) is 23.8. The Kier molecular flexibility index (Phi) is 5.40. The van der Waals surface area contributed by atoms with Crippen LogP contribution in [0.3, 0.4) is 0 Å². The molecule has 7 heteroatoms. The molecule has 1 fully saturated rings. The van der Waals surface area contributed by atoms with Gasteiger partial charge in [0.1, 0.15) is 6.07 Å². The molecule has 2 aromatic rings. The zero-order chi connectivity index (χ0) is 18.5. The molecular formula is C19H17ClN4O2. The van der Waals surface area contributed by atoms with Crippen molar-refractivity contribution in [3.8, 4) is 6.07 Å². The van der Waals surface area contributed by atoms with Crippen LogP contribution in [0.1, 0.15) is 18.4 Å².